The summed E-state index contributed by atoms with van der Waals surface area (Å²) in [6.07, 6.45) is 1.90. The Morgan fingerprint density at radius 1 is 1.21 bits per heavy atom. The van der Waals surface area contributed by atoms with Gasteiger partial charge in [0.25, 0.3) is 0 Å². The maximum absolute atomic E-state index is 4.37. The maximum Gasteiger partial charge on any atom is 0.0492 e. The molecule has 0 N–H and O–H groups in total. The molecule has 2 nitrogen and oxygen atoms in total. The Balaban J connectivity index is 3.01. The SMILES string of the molecule is CC(C)n1nccc1C(C)C(C)(C)C. The average Bonchev–Trinajstić information content (AvgIpc) is 2.48. The van der Waals surface area contributed by atoms with Crippen LogP contribution in [0.2, 0.25) is 0 Å². The van der Waals surface area contributed by atoms with E-state index in [2.05, 4.69) is 57.4 Å². The van der Waals surface area contributed by atoms with Crippen molar-refractivity contribution in [2.45, 2.75) is 53.5 Å². The Morgan fingerprint density at radius 2 is 1.79 bits per heavy atom. The molecule has 80 valence electrons. The summed E-state index contributed by atoms with van der Waals surface area (Å²) in [5, 5.41) is 4.37. The second-order valence-electron chi connectivity index (χ2n) is 5.38. The zero-order chi connectivity index (χ0) is 10.9. The fourth-order valence-electron chi connectivity index (χ4n) is 1.54. The highest BCUT2D eigenvalue weighted by atomic mass is 15.3. The van der Waals surface area contributed by atoms with E-state index >= 15 is 0 Å². The van der Waals surface area contributed by atoms with Gasteiger partial charge in [-0.2, -0.15) is 5.10 Å². The molecule has 0 aromatic carbocycles. The van der Waals surface area contributed by atoms with Crippen molar-refractivity contribution in [1.29, 1.82) is 0 Å². The van der Waals surface area contributed by atoms with Gasteiger partial charge in [0, 0.05) is 23.9 Å². The third-order valence-electron chi connectivity index (χ3n) is 2.93. The van der Waals surface area contributed by atoms with Gasteiger partial charge >= 0.3 is 0 Å². The molecular weight excluding hydrogens is 172 g/mol. The summed E-state index contributed by atoms with van der Waals surface area (Å²) < 4.78 is 2.12. The number of hydrogen-bond donors (Lipinski definition) is 0. The molecule has 0 aliphatic carbocycles. The summed E-state index contributed by atoms with van der Waals surface area (Å²) in [6.45, 7) is 13.4. The highest BCUT2D eigenvalue weighted by Gasteiger charge is 2.24. The predicted molar refractivity (Wildman–Crippen MR) is 60.5 cm³/mol. The topological polar surface area (TPSA) is 17.8 Å². The summed E-state index contributed by atoms with van der Waals surface area (Å²) >= 11 is 0. The molecule has 0 saturated carbocycles. The lowest BCUT2D eigenvalue weighted by molar-refractivity contribution is 0.317. The molecule has 0 fully saturated rings. The van der Waals surface area contributed by atoms with Crippen LogP contribution in [0.1, 0.15) is 59.2 Å². The number of rotatable bonds is 2. The van der Waals surface area contributed by atoms with Gasteiger partial charge in [-0.1, -0.05) is 27.7 Å². The third kappa shape index (κ3) is 2.17. The van der Waals surface area contributed by atoms with Crippen LogP contribution in [-0.2, 0) is 0 Å². The lowest BCUT2D eigenvalue weighted by atomic mass is 9.80. The monoisotopic (exact) mass is 194 g/mol. The molecule has 1 unspecified atom stereocenters. The third-order valence-corrected chi connectivity index (χ3v) is 2.93. The van der Waals surface area contributed by atoms with Gasteiger partial charge in [-0.15, -0.1) is 0 Å². The van der Waals surface area contributed by atoms with Crippen LogP contribution in [-0.4, -0.2) is 9.78 Å². The zero-order valence-corrected chi connectivity index (χ0v) is 10.2. The van der Waals surface area contributed by atoms with Crippen LogP contribution < -0.4 is 0 Å². The molecule has 0 radical (unpaired) electrons. The first kappa shape index (κ1) is 11.3. The van der Waals surface area contributed by atoms with Crippen molar-refractivity contribution < 1.29 is 0 Å². The van der Waals surface area contributed by atoms with E-state index in [1.54, 1.807) is 0 Å². The maximum atomic E-state index is 4.37. The smallest absolute Gasteiger partial charge is 0.0492 e. The molecule has 0 amide bonds. The normalized spacial score (nSPS) is 14.8. The van der Waals surface area contributed by atoms with E-state index in [-0.39, 0.29) is 0 Å². The number of hydrogen-bond acceptors (Lipinski definition) is 1. The van der Waals surface area contributed by atoms with Gasteiger partial charge < -0.3 is 0 Å². The Labute approximate surface area is 87.3 Å². The first-order valence-electron chi connectivity index (χ1n) is 5.37. The molecule has 14 heavy (non-hydrogen) atoms. The first-order valence-corrected chi connectivity index (χ1v) is 5.37. The van der Waals surface area contributed by atoms with Crippen LogP contribution in [0.15, 0.2) is 12.3 Å². The number of nitrogens with zero attached hydrogens (tertiary/aromatic N) is 2. The molecule has 1 heterocycles. The summed E-state index contributed by atoms with van der Waals surface area (Å²) in [5.41, 5.74) is 1.64. The molecule has 1 aromatic rings. The van der Waals surface area contributed by atoms with E-state index in [1.807, 2.05) is 6.20 Å². The van der Waals surface area contributed by atoms with Crippen LogP contribution in [0, 0.1) is 5.41 Å². The fourth-order valence-corrected chi connectivity index (χ4v) is 1.54. The van der Waals surface area contributed by atoms with Gasteiger partial charge in [0.2, 0.25) is 0 Å². The molecule has 0 saturated heterocycles. The summed E-state index contributed by atoms with van der Waals surface area (Å²) in [6, 6.07) is 2.58. The van der Waals surface area contributed by atoms with Gasteiger partial charge in [0.05, 0.1) is 0 Å². The van der Waals surface area contributed by atoms with E-state index < -0.39 is 0 Å². The minimum absolute atomic E-state index is 0.298. The molecule has 0 aliphatic rings. The van der Waals surface area contributed by atoms with Gasteiger partial charge in [0.15, 0.2) is 0 Å². The van der Waals surface area contributed by atoms with Gasteiger partial charge in [0.1, 0.15) is 0 Å². The molecule has 1 atom stereocenters. The molecule has 0 spiro atoms. The quantitative estimate of drug-likeness (QED) is 0.703. The molecule has 0 bridgehead atoms. The van der Waals surface area contributed by atoms with Crippen molar-refractivity contribution in [2.75, 3.05) is 0 Å². The average molecular weight is 194 g/mol. The van der Waals surface area contributed by atoms with Crippen LogP contribution in [0.3, 0.4) is 0 Å². The highest BCUT2D eigenvalue weighted by molar-refractivity contribution is 5.10. The summed E-state index contributed by atoms with van der Waals surface area (Å²) in [5.74, 6) is 0.535. The van der Waals surface area contributed by atoms with E-state index in [1.165, 1.54) is 5.69 Å². The van der Waals surface area contributed by atoms with E-state index in [0.29, 0.717) is 17.4 Å². The molecule has 1 aromatic heterocycles. The predicted octanol–water partition coefficient (Wildman–Crippen LogP) is 3.61. The summed E-state index contributed by atoms with van der Waals surface area (Å²) in [7, 11) is 0. The van der Waals surface area contributed by atoms with Crippen LogP contribution >= 0.6 is 0 Å². The largest absolute Gasteiger partial charge is 0.267 e. The minimum Gasteiger partial charge on any atom is -0.267 e. The fraction of sp³-hybridized carbons (Fsp3) is 0.750. The summed E-state index contributed by atoms with van der Waals surface area (Å²) in [4.78, 5) is 0. The van der Waals surface area contributed by atoms with Crippen molar-refractivity contribution in [2.24, 2.45) is 5.41 Å². The minimum atomic E-state index is 0.298. The Morgan fingerprint density at radius 3 is 2.21 bits per heavy atom. The van der Waals surface area contributed by atoms with E-state index in [9.17, 15) is 0 Å². The van der Waals surface area contributed by atoms with Gasteiger partial charge in [-0.3, -0.25) is 4.68 Å². The van der Waals surface area contributed by atoms with Gasteiger partial charge in [-0.25, -0.2) is 0 Å². The van der Waals surface area contributed by atoms with Crippen molar-refractivity contribution in [3.05, 3.63) is 18.0 Å². The first-order chi connectivity index (χ1) is 6.34. The molecule has 1 rings (SSSR count). The molecular formula is C12H22N2. The van der Waals surface area contributed by atoms with Crippen LogP contribution in [0.25, 0.3) is 0 Å². The lowest BCUT2D eigenvalue weighted by Crippen LogP contribution is -2.20. The van der Waals surface area contributed by atoms with Crippen molar-refractivity contribution in [1.82, 2.24) is 9.78 Å². The van der Waals surface area contributed by atoms with Crippen LogP contribution in [0.4, 0.5) is 0 Å². The van der Waals surface area contributed by atoms with Crippen LogP contribution in [0.5, 0.6) is 0 Å². The van der Waals surface area contributed by atoms with Crippen molar-refractivity contribution >= 4 is 0 Å². The Hall–Kier alpha value is -0.790. The van der Waals surface area contributed by atoms with Crippen molar-refractivity contribution in [3.8, 4) is 0 Å². The molecule has 0 aliphatic heterocycles. The van der Waals surface area contributed by atoms with E-state index in [4.69, 9.17) is 0 Å². The lowest BCUT2D eigenvalue weighted by Gasteiger charge is -2.28. The van der Waals surface area contributed by atoms with E-state index in [0.717, 1.165) is 0 Å². The standard InChI is InChI=1S/C12H22N2/c1-9(2)14-11(7-8-13-14)10(3)12(4,5)6/h7-10H,1-6H3. The number of aromatic nitrogens is 2. The second kappa shape index (κ2) is 3.76. The molecule has 2 heteroatoms. The van der Waals surface area contributed by atoms with Gasteiger partial charge in [-0.05, 0) is 25.3 Å². The second-order valence-corrected chi connectivity index (χ2v) is 5.38. The zero-order valence-electron chi connectivity index (χ0n) is 10.2. The Bertz CT molecular complexity index is 292. The Kier molecular flexibility index (Phi) is 3.03. The van der Waals surface area contributed by atoms with Crippen molar-refractivity contribution in [3.63, 3.8) is 0 Å². The highest BCUT2D eigenvalue weighted by Crippen LogP contribution is 2.34.